The Hall–Kier alpha value is -3.06. The van der Waals surface area contributed by atoms with Gasteiger partial charge >= 0.3 is 11.9 Å². The number of carbonyl (C=O) groups is 2. The van der Waals surface area contributed by atoms with E-state index < -0.39 is 61.5 Å². The molecule has 0 bridgehead atoms. The number of cyclic esters (lactones) is 1. The lowest BCUT2D eigenvalue weighted by molar-refractivity contribution is -0.299. The molecule has 11 heteroatoms. The van der Waals surface area contributed by atoms with Crippen LogP contribution in [0.1, 0.15) is 19.4 Å². The topological polar surface area (TPSA) is 172 Å². The summed E-state index contributed by atoms with van der Waals surface area (Å²) in [4.78, 5) is 24.0. The molecular weight excluding hydrogens is 476 g/mol. The highest BCUT2D eigenvalue weighted by molar-refractivity contribution is 5.92. The zero-order valence-electron chi connectivity index (χ0n) is 19.8. The molecule has 2 aliphatic heterocycles. The summed E-state index contributed by atoms with van der Waals surface area (Å²) in [6.45, 7) is 2.87. The summed E-state index contributed by atoms with van der Waals surface area (Å²) in [5.41, 5.74) is 1.48. The summed E-state index contributed by atoms with van der Waals surface area (Å²) >= 11 is 0. The predicted molar refractivity (Wildman–Crippen MR) is 124 cm³/mol. The van der Waals surface area contributed by atoms with E-state index in [9.17, 15) is 35.1 Å². The maximum atomic E-state index is 12.0. The lowest BCUT2D eigenvalue weighted by Crippen LogP contribution is -2.59. The molecule has 7 atom stereocenters. The number of aliphatic hydroxyl groups excluding tert-OH is 4. The fourth-order valence-corrected chi connectivity index (χ4v) is 3.60. The van der Waals surface area contributed by atoms with Crippen LogP contribution < -0.4 is 0 Å². The lowest BCUT2D eigenvalue weighted by atomic mass is 9.99. The van der Waals surface area contributed by atoms with Gasteiger partial charge in [-0.15, -0.1) is 0 Å². The first-order valence-corrected chi connectivity index (χ1v) is 11.3. The highest BCUT2D eigenvalue weighted by atomic mass is 16.7. The first-order valence-electron chi connectivity index (χ1n) is 11.3. The summed E-state index contributed by atoms with van der Waals surface area (Å²) < 4.78 is 21.1. The largest absolute Gasteiger partial charge is 0.508 e. The number of ether oxygens (including phenoxy) is 4. The Morgan fingerprint density at radius 2 is 1.75 bits per heavy atom. The van der Waals surface area contributed by atoms with E-state index in [-0.39, 0.29) is 17.9 Å². The second kappa shape index (κ2) is 12.3. The number of aliphatic hydroxyl groups is 4. The van der Waals surface area contributed by atoms with Crippen LogP contribution in [-0.4, -0.2) is 93.6 Å². The molecule has 0 spiro atoms. The fourth-order valence-electron chi connectivity index (χ4n) is 3.60. The molecule has 36 heavy (non-hydrogen) atoms. The van der Waals surface area contributed by atoms with Gasteiger partial charge < -0.3 is 44.5 Å². The zero-order chi connectivity index (χ0) is 26.4. The number of allylic oxidation sites excluding steroid dienone is 1. The maximum absolute atomic E-state index is 12.0. The minimum Gasteiger partial charge on any atom is -0.508 e. The highest BCUT2D eigenvalue weighted by Gasteiger charge is 2.45. The van der Waals surface area contributed by atoms with E-state index in [0.29, 0.717) is 5.56 Å². The van der Waals surface area contributed by atoms with Crippen molar-refractivity contribution in [1.29, 1.82) is 0 Å². The second-order valence-corrected chi connectivity index (χ2v) is 8.62. The average molecular weight is 507 g/mol. The van der Waals surface area contributed by atoms with Crippen LogP contribution in [0.3, 0.4) is 0 Å². The number of hydrogen-bond acceptors (Lipinski definition) is 11. The Bertz CT molecular complexity index is 1010. The van der Waals surface area contributed by atoms with Crippen molar-refractivity contribution < 1.29 is 54.1 Å². The van der Waals surface area contributed by atoms with Crippen molar-refractivity contribution in [2.45, 2.75) is 56.8 Å². The van der Waals surface area contributed by atoms with Crippen LogP contribution in [0.15, 0.2) is 53.6 Å². The Kier molecular flexibility index (Phi) is 9.37. The van der Waals surface area contributed by atoms with Crippen LogP contribution in [0, 0.1) is 0 Å². The molecule has 1 aromatic carbocycles. The summed E-state index contributed by atoms with van der Waals surface area (Å²) in [6.07, 6.45) is -3.99. The third-order valence-corrected chi connectivity index (χ3v) is 5.53. The van der Waals surface area contributed by atoms with E-state index in [2.05, 4.69) is 0 Å². The number of esters is 2. The van der Waals surface area contributed by atoms with E-state index in [1.165, 1.54) is 24.3 Å². The van der Waals surface area contributed by atoms with Gasteiger partial charge in [0.25, 0.3) is 0 Å². The van der Waals surface area contributed by atoms with Crippen molar-refractivity contribution in [3.05, 3.63) is 59.2 Å². The van der Waals surface area contributed by atoms with Crippen molar-refractivity contribution in [2.24, 2.45) is 0 Å². The Morgan fingerprint density at radius 1 is 1.06 bits per heavy atom. The van der Waals surface area contributed by atoms with Gasteiger partial charge in [0.05, 0.1) is 12.2 Å². The number of benzene rings is 1. The van der Waals surface area contributed by atoms with Gasteiger partial charge in [-0.2, -0.15) is 0 Å². The first-order chi connectivity index (χ1) is 17.1. The summed E-state index contributed by atoms with van der Waals surface area (Å²) in [5.74, 6) is -1.38. The molecule has 5 N–H and O–H groups in total. The molecule has 0 amide bonds. The molecule has 0 saturated carbocycles. The van der Waals surface area contributed by atoms with Crippen molar-refractivity contribution >= 4 is 18.0 Å². The monoisotopic (exact) mass is 506 g/mol. The first kappa shape index (κ1) is 27.5. The molecule has 3 rings (SSSR count). The predicted octanol–water partition coefficient (Wildman–Crippen LogP) is -0.0483. The summed E-state index contributed by atoms with van der Waals surface area (Å²) in [7, 11) is 0. The standard InChI is InChI=1S/C25H30O11/c1-13(2)11-17-20(28)16(24(32)35-17)9-10-33-25-23(31)22(30)21(29)18(36-25)12-34-19(27)8-5-14-3-6-15(26)7-4-14/h3-9,11,17-18,20-23,25-26,28-31H,10,12H2,1-2H3/t17-,18-,20+,21+,22+,23+,25+/m0/s1. The van der Waals surface area contributed by atoms with Gasteiger partial charge in [0, 0.05) is 6.08 Å². The van der Waals surface area contributed by atoms with Crippen LogP contribution in [0.2, 0.25) is 0 Å². The lowest BCUT2D eigenvalue weighted by Gasteiger charge is -2.39. The third kappa shape index (κ3) is 7.00. The summed E-state index contributed by atoms with van der Waals surface area (Å²) in [6, 6.07) is 6.10. The number of rotatable bonds is 8. The van der Waals surface area contributed by atoms with Gasteiger partial charge in [-0.1, -0.05) is 17.7 Å². The van der Waals surface area contributed by atoms with Gasteiger partial charge in [0.15, 0.2) is 12.4 Å². The van der Waals surface area contributed by atoms with Crippen LogP contribution in [0.4, 0.5) is 0 Å². The quantitative estimate of drug-likeness (QED) is 0.182. The molecule has 0 unspecified atom stereocenters. The van der Waals surface area contributed by atoms with Gasteiger partial charge in [-0.25, -0.2) is 9.59 Å². The molecule has 11 nitrogen and oxygen atoms in total. The number of phenols is 1. The van der Waals surface area contributed by atoms with Crippen molar-refractivity contribution in [1.82, 2.24) is 0 Å². The maximum Gasteiger partial charge on any atom is 0.337 e. The molecule has 196 valence electrons. The van der Waals surface area contributed by atoms with Crippen LogP contribution in [-0.2, 0) is 28.5 Å². The van der Waals surface area contributed by atoms with Crippen LogP contribution >= 0.6 is 0 Å². The number of hydrogen-bond donors (Lipinski definition) is 5. The average Bonchev–Trinajstić information content (AvgIpc) is 3.09. The Morgan fingerprint density at radius 3 is 2.42 bits per heavy atom. The van der Waals surface area contributed by atoms with Gasteiger partial charge in [-0.3, -0.25) is 0 Å². The van der Waals surface area contributed by atoms with Crippen molar-refractivity contribution in [2.75, 3.05) is 13.2 Å². The highest BCUT2D eigenvalue weighted by Crippen LogP contribution is 2.25. The van der Waals surface area contributed by atoms with E-state index in [1.54, 1.807) is 32.1 Å². The van der Waals surface area contributed by atoms with Gasteiger partial charge in [-0.05, 0) is 49.8 Å². The van der Waals surface area contributed by atoms with E-state index in [0.717, 1.165) is 11.6 Å². The molecule has 0 radical (unpaired) electrons. The fraction of sp³-hybridized carbons (Fsp3) is 0.440. The molecule has 1 aromatic rings. The van der Waals surface area contributed by atoms with E-state index >= 15 is 0 Å². The molecule has 2 saturated heterocycles. The second-order valence-electron chi connectivity index (χ2n) is 8.62. The molecule has 2 heterocycles. The Balaban J connectivity index is 1.55. The number of phenolic OH excluding ortho intramolecular Hbond substituents is 1. The smallest absolute Gasteiger partial charge is 0.337 e. The minimum absolute atomic E-state index is 0.0192. The van der Waals surface area contributed by atoms with Crippen LogP contribution in [0.5, 0.6) is 5.75 Å². The van der Waals surface area contributed by atoms with Crippen molar-refractivity contribution in [3.8, 4) is 5.75 Å². The van der Waals surface area contributed by atoms with Crippen molar-refractivity contribution in [3.63, 3.8) is 0 Å². The van der Waals surface area contributed by atoms with Gasteiger partial charge in [0.1, 0.15) is 42.9 Å². The number of aromatic hydroxyl groups is 1. The molecular formula is C25H30O11. The van der Waals surface area contributed by atoms with Crippen LogP contribution in [0.25, 0.3) is 6.08 Å². The third-order valence-electron chi connectivity index (χ3n) is 5.53. The normalized spacial score (nSPS) is 31.4. The Labute approximate surface area is 207 Å². The molecule has 0 aliphatic carbocycles. The zero-order valence-corrected chi connectivity index (χ0v) is 19.8. The summed E-state index contributed by atoms with van der Waals surface area (Å²) in [5, 5.41) is 50.2. The molecule has 2 aliphatic rings. The van der Waals surface area contributed by atoms with Gasteiger partial charge in [0.2, 0.25) is 0 Å². The molecule has 2 fully saturated rings. The SMILES string of the molecule is CC(C)=C[C@@H]1OC(=O)C(=CCO[C@@H]2O[C@@H](COC(=O)C=Cc3ccc(O)cc3)[C@@H](O)[C@@H](O)[C@H]2O)[C@H]1O. The van der Waals surface area contributed by atoms with E-state index in [1.807, 2.05) is 0 Å². The minimum atomic E-state index is -1.66. The molecule has 0 aromatic heterocycles. The number of carbonyl (C=O) groups excluding carboxylic acids is 2. The van der Waals surface area contributed by atoms with E-state index in [4.69, 9.17) is 18.9 Å².